The number of fused-ring (bicyclic) bond motifs is 2. The molecule has 2 aliphatic rings. The van der Waals surface area contributed by atoms with Gasteiger partial charge in [-0.25, -0.2) is 0 Å². The zero-order valence-electron chi connectivity index (χ0n) is 24.7. The van der Waals surface area contributed by atoms with Crippen LogP contribution in [0, 0.1) is 0 Å². The quantitative estimate of drug-likeness (QED) is 0.133. The second-order valence-electron chi connectivity index (χ2n) is 12.4. The van der Waals surface area contributed by atoms with Crippen molar-refractivity contribution in [3.05, 3.63) is 106 Å². The minimum atomic E-state index is -4.54. The maximum absolute atomic E-state index is 8.34. The number of benzene rings is 3. The summed E-state index contributed by atoms with van der Waals surface area (Å²) < 4.78 is 0.349. The molecule has 211 valence electrons. The van der Waals surface area contributed by atoms with E-state index in [1.54, 1.807) is 0 Å². The van der Waals surface area contributed by atoms with Crippen molar-refractivity contribution >= 4 is 35.1 Å². The Morgan fingerprint density at radius 1 is 0.750 bits per heavy atom. The molecular formula is C36H45Cl2SiZr. The van der Waals surface area contributed by atoms with Crippen LogP contribution in [0.4, 0.5) is 0 Å². The van der Waals surface area contributed by atoms with Crippen LogP contribution in [0.2, 0.25) is 13.1 Å². The molecule has 2 atom stereocenters. The van der Waals surface area contributed by atoms with Crippen molar-refractivity contribution in [3.8, 4) is 11.1 Å². The Morgan fingerprint density at radius 3 is 2.20 bits per heavy atom. The minimum absolute atomic E-state index is 0.170. The van der Waals surface area contributed by atoms with E-state index >= 15 is 0 Å². The van der Waals surface area contributed by atoms with Crippen LogP contribution in [0.25, 0.3) is 23.3 Å². The SMILES string of the molecule is CCCCCCC1=Cc2c(-c3ccc(CCCC)cc3)cccc2[CH]1[Zr]([Cl])([Cl])([CH]1C=Cc2ccccc21)[SiH](C)C. The summed E-state index contributed by atoms with van der Waals surface area (Å²) in [5.41, 5.74) is 11.0. The summed E-state index contributed by atoms with van der Waals surface area (Å²) in [7, 11) is 16.7. The zero-order valence-corrected chi connectivity index (χ0v) is 29.9. The van der Waals surface area contributed by atoms with Gasteiger partial charge in [-0.1, -0.05) is 0 Å². The molecule has 3 aromatic carbocycles. The normalized spacial score (nSPS) is 18.9. The number of halogens is 2. The molecule has 0 saturated heterocycles. The fraction of sp³-hybridized carbons (Fsp3) is 0.389. The van der Waals surface area contributed by atoms with Crippen LogP contribution in [0.5, 0.6) is 0 Å². The summed E-state index contributed by atoms with van der Waals surface area (Å²) in [6, 6.07) is 25.0. The van der Waals surface area contributed by atoms with Gasteiger partial charge in [0.25, 0.3) is 0 Å². The van der Waals surface area contributed by atoms with E-state index in [0.717, 1.165) is 12.8 Å². The first-order valence-electron chi connectivity index (χ1n) is 15.6. The first kappa shape index (κ1) is 30.3. The van der Waals surface area contributed by atoms with E-state index in [-0.39, 0.29) is 7.25 Å². The molecule has 0 radical (unpaired) electrons. The number of unbranched alkanes of at least 4 members (excludes halogenated alkanes) is 4. The number of hydrogen-bond acceptors (Lipinski definition) is 0. The summed E-state index contributed by atoms with van der Waals surface area (Å²) >= 11 is -4.54. The van der Waals surface area contributed by atoms with Crippen molar-refractivity contribution in [3.63, 3.8) is 0 Å². The maximum atomic E-state index is 8.34. The van der Waals surface area contributed by atoms with Crippen LogP contribution in [0.15, 0.2) is 78.4 Å². The molecular weight excluding hydrogens is 623 g/mol. The van der Waals surface area contributed by atoms with Crippen molar-refractivity contribution in [2.45, 2.75) is 85.6 Å². The molecule has 4 heteroatoms. The van der Waals surface area contributed by atoms with E-state index in [2.05, 4.69) is 112 Å². The van der Waals surface area contributed by atoms with Crippen molar-refractivity contribution in [2.75, 3.05) is 0 Å². The molecule has 0 nitrogen and oxygen atoms in total. The van der Waals surface area contributed by atoms with E-state index in [1.807, 2.05) is 0 Å². The molecule has 5 rings (SSSR count). The molecule has 0 saturated carbocycles. The summed E-state index contributed by atoms with van der Waals surface area (Å²) in [5.74, 6) is -1.48. The van der Waals surface area contributed by atoms with Crippen LogP contribution in [-0.2, 0) is 22.0 Å². The van der Waals surface area contributed by atoms with Crippen molar-refractivity contribution in [1.29, 1.82) is 0 Å². The molecule has 0 amide bonds. The van der Waals surface area contributed by atoms with Gasteiger partial charge < -0.3 is 0 Å². The summed E-state index contributed by atoms with van der Waals surface area (Å²) in [6.07, 6.45) is 16.9. The Hall–Kier alpha value is -1.18. The molecule has 2 aliphatic carbocycles. The molecule has 0 heterocycles. The van der Waals surface area contributed by atoms with Gasteiger partial charge in [0.2, 0.25) is 0 Å². The first-order valence-corrected chi connectivity index (χ1v) is 31.9. The molecule has 0 aliphatic heterocycles. The van der Waals surface area contributed by atoms with Gasteiger partial charge in [0.05, 0.1) is 0 Å². The molecule has 0 aromatic heterocycles. The molecule has 0 bridgehead atoms. The molecule has 2 unspecified atom stereocenters. The van der Waals surface area contributed by atoms with Crippen molar-refractivity contribution in [1.82, 2.24) is 0 Å². The van der Waals surface area contributed by atoms with Gasteiger partial charge in [-0.2, -0.15) is 0 Å². The molecule has 40 heavy (non-hydrogen) atoms. The van der Waals surface area contributed by atoms with Gasteiger partial charge in [-0.05, 0) is 0 Å². The Bertz CT molecular complexity index is 1400. The number of rotatable bonds is 12. The number of aryl methyl sites for hydroxylation is 1. The van der Waals surface area contributed by atoms with Gasteiger partial charge in [0.1, 0.15) is 0 Å². The third-order valence-corrected chi connectivity index (χ3v) is 61.6. The summed E-state index contributed by atoms with van der Waals surface area (Å²) in [6.45, 7) is 9.42. The monoisotopic (exact) mass is 665 g/mol. The second-order valence-corrected chi connectivity index (χ2v) is 55.0. The topological polar surface area (TPSA) is 0 Å². The second kappa shape index (κ2) is 12.6. The predicted molar refractivity (Wildman–Crippen MR) is 179 cm³/mol. The number of hydrogen-bond donors (Lipinski definition) is 0. The number of allylic oxidation sites excluding steroid dienone is 2. The van der Waals surface area contributed by atoms with Gasteiger partial charge in [0.15, 0.2) is 0 Å². The van der Waals surface area contributed by atoms with Gasteiger partial charge in [-0.15, -0.1) is 0 Å². The average molecular weight is 668 g/mol. The molecule has 0 fully saturated rings. The Kier molecular flexibility index (Phi) is 9.53. The van der Waals surface area contributed by atoms with E-state index in [1.165, 1.54) is 83.0 Å². The predicted octanol–water partition coefficient (Wildman–Crippen LogP) is 11.9. The average Bonchev–Trinajstić information content (AvgIpc) is 3.57. The third kappa shape index (κ3) is 5.48. The van der Waals surface area contributed by atoms with Crippen LogP contribution in [0.1, 0.15) is 93.9 Å². The summed E-state index contributed by atoms with van der Waals surface area (Å²) in [5, 5.41) is 0. The van der Waals surface area contributed by atoms with Crippen LogP contribution in [0.3, 0.4) is 0 Å². The molecule has 3 aromatic rings. The molecule has 0 N–H and O–H groups in total. The van der Waals surface area contributed by atoms with E-state index < -0.39 is 21.5 Å². The van der Waals surface area contributed by atoms with Crippen molar-refractivity contribution in [2.24, 2.45) is 0 Å². The Labute approximate surface area is 251 Å². The third-order valence-electron chi connectivity index (χ3n) is 9.60. The Balaban J connectivity index is 1.63. The standard InChI is InChI=1S/C25H31.C9H7.C2H7Si.2ClH.Zr/c1-3-5-7-8-11-21-18-23-12-9-13-24(25(23)19-21)22-16-14-20(15-17-22)10-6-4-2;1-2-5-9-7-3-6-8(9)4-1;1-3-2;;;/h9,12-19H,3-8,10-11H2,1-2H3;1-7H;3H,1-2H3;2*1H;/q;;;;;+2/p-2. The van der Waals surface area contributed by atoms with E-state index in [9.17, 15) is 0 Å². The summed E-state index contributed by atoms with van der Waals surface area (Å²) in [4.78, 5) is 0. The van der Waals surface area contributed by atoms with Crippen LogP contribution < -0.4 is 0 Å². The van der Waals surface area contributed by atoms with Crippen LogP contribution >= 0.6 is 17.0 Å². The van der Waals surface area contributed by atoms with E-state index in [0.29, 0.717) is 0 Å². The van der Waals surface area contributed by atoms with Crippen LogP contribution in [-0.4, -0.2) is 5.92 Å². The first-order chi connectivity index (χ1) is 19.3. The van der Waals surface area contributed by atoms with Crippen molar-refractivity contribution < 1.29 is 15.6 Å². The van der Waals surface area contributed by atoms with Gasteiger partial charge in [0, 0.05) is 0 Å². The fourth-order valence-corrected chi connectivity index (χ4v) is 36.6. The molecule has 0 spiro atoms. The zero-order chi connectivity index (χ0) is 28.4. The van der Waals surface area contributed by atoms with Gasteiger partial charge >= 0.3 is 254 Å². The van der Waals surface area contributed by atoms with Gasteiger partial charge in [-0.3, -0.25) is 0 Å². The Morgan fingerprint density at radius 2 is 1.48 bits per heavy atom. The van der Waals surface area contributed by atoms with E-state index in [4.69, 9.17) is 17.0 Å². The fourth-order valence-electron chi connectivity index (χ4n) is 7.17.